The second kappa shape index (κ2) is 6.03. The van der Waals surface area contributed by atoms with Gasteiger partial charge in [-0.25, -0.2) is 0 Å². The van der Waals surface area contributed by atoms with E-state index in [1.807, 2.05) is 24.3 Å². The molecule has 0 spiro atoms. The number of aliphatic hydroxyl groups excluding tert-OH is 1. The van der Waals surface area contributed by atoms with Crippen molar-refractivity contribution >= 4 is 0 Å². The average Bonchev–Trinajstić information content (AvgIpc) is 2.83. The monoisotopic (exact) mass is 236 g/mol. The molecule has 1 saturated heterocycles. The van der Waals surface area contributed by atoms with Crippen LogP contribution in [0, 0.1) is 0 Å². The van der Waals surface area contributed by atoms with Crippen molar-refractivity contribution in [3.8, 4) is 5.75 Å². The molecule has 1 aliphatic heterocycles. The fraction of sp³-hybridized carbons (Fsp3) is 0.571. The molecule has 1 fully saturated rings. The van der Waals surface area contributed by atoms with E-state index >= 15 is 0 Å². The highest BCUT2D eigenvalue weighted by molar-refractivity contribution is 5.28. The molecule has 1 unspecified atom stereocenters. The lowest BCUT2D eigenvalue weighted by molar-refractivity contribution is 0.0903. The van der Waals surface area contributed by atoms with Gasteiger partial charge in [0.15, 0.2) is 0 Å². The minimum absolute atomic E-state index is 0.381. The maximum atomic E-state index is 9.38. The van der Waals surface area contributed by atoms with E-state index in [4.69, 9.17) is 9.47 Å². The Balaban J connectivity index is 1.74. The van der Waals surface area contributed by atoms with Crippen molar-refractivity contribution < 1.29 is 14.6 Å². The maximum Gasteiger partial charge on any atom is 0.119 e. The highest BCUT2D eigenvalue weighted by atomic mass is 16.5. The zero-order valence-corrected chi connectivity index (χ0v) is 10.3. The third-order valence-electron chi connectivity index (χ3n) is 3.10. The maximum absolute atomic E-state index is 9.38. The lowest BCUT2D eigenvalue weighted by Crippen LogP contribution is -2.10. The third-order valence-corrected chi connectivity index (χ3v) is 3.10. The van der Waals surface area contributed by atoms with Gasteiger partial charge in [-0.15, -0.1) is 0 Å². The second-order valence-electron chi connectivity index (χ2n) is 4.52. The number of hydrogen-bond donors (Lipinski definition) is 1. The molecule has 1 aliphatic rings. The van der Waals surface area contributed by atoms with Gasteiger partial charge < -0.3 is 14.6 Å². The van der Waals surface area contributed by atoms with Gasteiger partial charge in [-0.05, 0) is 37.5 Å². The topological polar surface area (TPSA) is 38.7 Å². The SMILES string of the molecule is C[C@H](O)c1ccc(OCCC2CCCO2)cc1. The van der Waals surface area contributed by atoms with Crippen LogP contribution in [0.4, 0.5) is 0 Å². The summed E-state index contributed by atoms with van der Waals surface area (Å²) < 4.78 is 11.2. The van der Waals surface area contributed by atoms with E-state index in [9.17, 15) is 5.11 Å². The van der Waals surface area contributed by atoms with Crippen LogP contribution in [0.3, 0.4) is 0 Å². The van der Waals surface area contributed by atoms with Gasteiger partial charge in [0, 0.05) is 13.0 Å². The summed E-state index contributed by atoms with van der Waals surface area (Å²) in [5.74, 6) is 0.854. The fourth-order valence-corrected chi connectivity index (χ4v) is 2.02. The summed E-state index contributed by atoms with van der Waals surface area (Å²) in [5, 5.41) is 9.38. The lowest BCUT2D eigenvalue weighted by atomic mass is 10.1. The van der Waals surface area contributed by atoms with Crippen LogP contribution in [0.1, 0.15) is 37.9 Å². The number of benzene rings is 1. The van der Waals surface area contributed by atoms with E-state index in [1.54, 1.807) is 6.92 Å². The lowest BCUT2D eigenvalue weighted by Gasteiger charge is -2.11. The molecule has 17 heavy (non-hydrogen) atoms. The molecule has 2 rings (SSSR count). The molecule has 1 heterocycles. The molecular weight excluding hydrogens is 216 g/mol. The van der Waals surface area contributed by atoms with E-state index in [0.29, 0.717) is 12.7 Å². The van der Waals surface area contributed by atoms with Crippen molar-refractivity contribution in [3.05, 3.63) is 29.8 Å². The molecule has 0 amide bonds. The molecule has 2 atom stereocenters. The molecule has 0 radical (unpaired) electrons. The van der Waals surface area contributed by atoms with Crippen molar-refractivity contribution in [2.24, 2.45) is 0 Å². The van der Waals surface area contributed by atoms with Crippen LogP contribution in [0.5, 0.6) is 5.75 Å². The largest absolute Gasteiger partial charge is 0.493 e. The van der Waals surface area contributed by atoms with Gasteiger partial charge in [-0.3, -0.25) is 0 Å². The molecule has 94 valence electrons. The fourth-order valence-electron chi connectivity index (χ4n) is 2.02. The van der Waals surface area contributed by atoms with Crippen LogP contribution in [0.25, 0.3) is 0 Å². The number of aliphatic hydroxyl groups is 1. The molecule has 3 nitrogen and oxygen atoms in total. The number of ether oxygens (including phenoxy) is 2. The molecule has 0 saturated carbocycles. The van der Waals surface area contributed by atoms with E-state index in [1.165, 1.54) is 6.42 Å². The van der Waals surface area contributed by atoms with Gasteiger partial charge in [0.25, 0.3) is 0 Å². The average molecular weight is 236 g/mol. The standard InChI is InChI=1S/C14H20O3/c1-11(15)12-4-6-14(7-5-12)17-10-8-13-3-2-9-16-13/h4-7,11,13,15H,2-3,8-10H2,1H3/t11-,13?/m0/s1. The first kappa shape index (κ1) is 12.4. The van der Waals surface area contributed by atoms with Crippen molar-refractivity contribution in [1.29, 1.82) is 0 Å². The third kappa shape index (κ3) is 3.72. The van der Waals surface area contributed by atoms with Gasteiger partial charge in [0.1, 0.15) is 5.75 Å². The molecule has 0 bridgehead atoms. The number of rotatable bonds is 5. The summed E-state index contributed by atoms with van der Waals surface area (Å²) in [6, 6.07) is 7.59. The molecule has 3 heteroatoms. The minimum atomic E-state index is -0.420. The Morgan fingerprint density at radius 1 is 1.41 bits per heavy atom. The van der Waals surface area contributed by atoms with Crippen LogP contribution in [-0.4, -0.2) is 24.4 Å². The summed E-state index contributed by atoms with van der Waals surface area (Å²) in [6.45, 7) is 3.35. The first-order valence-electron chi connectivity index (χ1n) is 6.28. The molecule has 1 aromatic carbocycles. The van der Waals surface area contributed by atoms with Gasteiger partial charge in [-0.1, -0.05) is 12.1 Å². The quantitative estimate of drug-likeness (QED) is 0.854. The van der Waals surface area contributed by atoms with Crippen LogP contribution in [0.15, 0.2) is 24.3 Å². The Kier molecular flexibility index (Phi) is 4.40. The summed E-state index contributed by atoms with van der Waals surface area (Å²) in [4.78, 5) is 0. The van der Waals surface area contributed by atoms with Gasteiger partial charge in [0.2, 0.25) is 0 Å². The predicted molar refractivity (Wildman–Crippen MR) is 66.2 cm³/mol. The Morgan fingerprint density at radius 3 is 2.76 bits per heavy atom. The molecular formula is C14H20O3. The number of hydrogen-bond acceptors (Lipinski definition) is 3. The van der Waals surface area contributed by atoms with Crippen LogP contribution < -0.4 is 4.74 Å². The van der Waals surface area contributed by atoms with Gasteiger partial charge in [0.05, 0.1) is 18.8 Å². The highest BCUT2D eigenvalue weighted by Crippen LogP contribution is 2.19. The Morgan fingerprint density at radius 2 is 2.18 bits per heavy atom. The Hall–Kier alpha value is -1.06. The van der Waals surface area contributed by atoms with Crippen molar-refractivity contribution in [2.45, 2.75) is 38.4 Å². The summed E-state index contributed by atoms with van der Waals surface area (Å²) in [6.07, 6.45) is 3.25. The van der Waals surface area contributed by atoms with Crippen LogP contribution in [-0.2, 0) is 4.74 Å². The Labute approximate surface area is 102 Å². The van der Waals surface area contributed by atoms with Gasteiger partial charge in [-0.2, -0.15) is 0 Å². The molecule has 0 aliphatic carbocycles. The van der Waals surface area contributed by atoms with Crippen molar-refractivity contribution in [1.82, 2.24) is 0 Å². The highest BCUT2D eigenvalue weighted by Gasteiger charge is 2.14. The zero-order chi connectivity index (χ0) is 12.1. The van der Waals surface area contributed by atoms with Crippen LogP contribution in [0.2, 0.25) is 0 Å². The zero-order valence-electron chi connectivity index (χ0n) is 10.3. The summed E-state index contributed by atoms with van der Waals surface area (Å²) in [5.41, 5.74) is 0.913. The van der Waals surface area contributed by atoms with E-state index < -0.39 is 6.10 Å². The van der Waals surface area contributed by atoms with Crippen molar-refractivity contribution in [3.63, 3.8) is 0 Å². The minimum Gasteiger partial charge on any atom is -0.493 e. The molecule has 1 aromatic rings. The van der Waals surface area contributed by atoms with Gasteiger partial charge >= 0.3 is 0 Å². The first-order chi connectivity index (χ1) is 8.25. The molecule has 1 N–H and O–H groups in total. The van der Waals surface area contributed by atoms with Crippen LogP contribution >= 0.6 is 0 Å². The normalized spacial score (nSPS) is 21.4. The van der Waals surface area contributed by atoms with E-state index in [2.05, 4.69) is 0 Å². The Bertz CT molecular complexity index is 326. The summed E-state index contributed by atoms with van der Waals surface area (Å²) >= 11 is 0. The smallest absolute Gasteiger partial charge is 0.119 e. The predicted octanol–water partition coefficient (Wildman–Crippen LogP) is 2.69. The first-order valence-corrected chi connectivity index (χ1v) is 6.28. The molecule has 0 aromatic heterocycles. The summed E-state index contributed by atoms with van der Waals surface area (Å²) in [7, 11) is 0. The van der Waals surface area contributed by atoms with E-state index in [0.717, 1.165) is 30.8 Å². The van der Waals surface area contributed by atoms with Crippen molar-refractivity contribution in [2.75, 3.05) is 13.2 Å². The van der Waals surface area contributed by atoms with E-state index in [-0.39, 0.29) is 0 Å². The second-order valence-corrected chi connectivity index (χ2v) is 4.52.